The summed E-state index contributed by atoms with van der Waals surface area (Å²) >= 11 is 0. The average molecular weight is 325 g/mol. The van der Waals surface area contributed by atoms with Gasteiger partial charge in [-0.25, -0.2) is 8.42 Å². The molecule has 1 saturated heterocycles. The first-order chi connectivity index (χ1) is 10.3. The van der Waals surface area contributed by atoms with E-state index in [2.05, 4.69) is 5.32 Å². The van der Waals surface area contributed by atoms with E-state index in [0.717, 1.165) is 0 Å². The molecule has 1 N–H and O–H groups in total. The Morgan fingerprint density at radius 3 is 2.05 bits per heavy atom. The van der Waals surface area contributed by atoms with Crippen molar-refractivity contribution in [3.63, 3.8) is 0 Å². The molecule has 0 saturated carbocycles. The quantitative estimate of drug-likeness (QED) is 0.869. The van der Waals surface area contributed by atoms with Crippen LogP contribution in [0.2, 0.25) is 0 Å². The molecule has 0 bridgehead atoms. The topological polar surface area (TPSA) is 86.8 Å². The van der Waals surface area contributed by atoms with Crippen molar-refractivity contribution in [3.05, 3.63) is 29.8 Å². The van der Waals surface area contributed by atoms with Gasteiger partial charge in [0.1, 0.15) is 0 Å². The molecule has 7 nitrogen and oxygen atoms in total. The molecule has 0 spiro atoms. The molecular formula is C14H19N3O4S. The minimum atomic E-state index is -3.20. The fourth-order valence-corrected chi connectivity index (χ4v) is 3.13. The van der Waals surface area contributed by atoms with E-state index in [0.29, 0.717) is 37.4 Å². The van der Waals surface area contributed by atoms with E-state index in [4.69, 9.17) is 0 Å². The molecule has 0 radical (unpaired) electrons. The van der Waals surface area contributed by atoms with Gasteiger partial charge in [0, 0.05) is 44.4 Å². The SMILES string of the molecule is CC(=O)Nc1ccc(C(=O)N2CCN(S(C)(=O)=O)CC2)cc1. The Balaban J connectivity index is 1.99. The van der Waals surface area contributed by atoms with E-state index in [1.54, 1.807) is 29.2 Å². The maximum Gasteiger partial charge on any atom is 0.253 e. The van der Waals surface area contributed by atoms with Gasteiger partial charge in [-0.05, 0) is 24.3 Å². The number of nitrogens with one attached hydrogen (secondary N) is 1. The zero-order valence-corrected chi connectivity index (χ0v) is 13.4. The van der Waals surface area contributed by atoms with Gasteiger partial charge >= 0.3 is 0 Å². The lowest BCUT2D eigenvalue weighted by atomic mass is 10.1. The smallest absolute Gasteiger partial charge is 0.253 e. The van der Waals surface area contributed by atoms with Crippen molar-refractivity contribution in [2.24, 2.45) is 0 Å². The van der Waals surface area contributed by atoms with E-state index in [1.165, 1.54) is 17.5 Å². The molecular weight excluding hydrogens is 306 g/mol. The van der Waals surface area contributed by atoms with Gasteiger partial charge in [0.25, 0.3) is 5.91 Å². The number of carbonyl (C=O) groups excluding carboxylic acids is 2. The van der Waals surface area contributed by atoms with Crippen LogP contribution in [0.3, 0.4) is 0 Å². The van der Waals surface area contributed by atoms with Gasteiger partial charge in [0.2, 0.25) is 15.9 Å². The van der Waals surface area contributed by atoms with Crippen LogP contribution in [-0.4, -0.2) is 61.9 Å². The Morgan fingerprint density at radius 1 is 1.05 bits per heavy atom. The van der Waals surface area contributed by atoms with Crippen molar-refractivity contribution in [3.8, 4) is 0 Å². The number of sulfonamides is 1. The zero-order chi connectivity index (χ0) is 16.3. The van der Waals surface area contributed by atoms with Crippen LogP contribution in [0, 0.1) is 0 Å². The summed E-state index contributed by atoms with van der Waals surface area (Å²) in [4.78, 5) is 24.9. The number of amides is 2. The van der Waals surface area contributed by atoms with E-state index in [1.807, 2.05) is 0 Å². The van der Waals surface area contributed by atoms with Crippen molar-refractivity contribution in [2.45, 2.75) is 6.92 Å². The molecule has 1 aromatic rings. The maximum absolute atomic E-state index is 12.4. The average Bonchev–Trinajstić information content (AvgIpc) is 2.46. The molecule has 2 amide bonds. The van der Waals surface area contributed by atoms with Gasteiger partial charge in [-0.1, -0.05) is 0 Å². The molecule has 1 aliphatic rings. The van der Waals surface area contributed by atoms with Crippen LogP contribution in [0.1, 0.15) is 17.3 Å². The second kappa shape index (κ2) is 6.45. The highest BCUT2D eigenvalue weighted by molar-refractivity contribution is 7.88. The van der Waals surface area contributed by atoms with Gasteiger partial charge in [-0.3, -0.25) is 9.59 Å². The minimum absolute atomic E-state index is 0.137. The Labute approximate surface area is 129 Å². The van der Waals surface area contributed by atoms with Crippen LogP contribution in [0.4, 0.5) is 5.69 Å². The first kappa shape index (κ1) is 16.4. The number of piperazine rings is 1. The molecule has 1 aromatic carbocycles. The van der Waals surface area contributed by atoms with E-state index < -0.39 is 10.0 Å². The highest BCUT2D eigenvalue weighted by Crippen LogP contribution is 2.14. The normalized spacial score (nSPS) is 16.4. The van der Waals surface area contributed by atoms with Crippen LogP contribution in [-0.2, 0) is 14.8 Å². The van der Waals surface area contributed by atoms with E-state index >= 15 is 0 Å². The number of hydrogen-bond acceptors (Lipinski definition) is 4. The summed E-state index contributed by atoms with van der Waals surface area (Å²) in [5, 5.41) is 2.64. The fourth-order valence-electron chi connectivity index (χ4n) is 2.30. The highest BCUT2D eigenvalue weighted by Gasteiger charge is 2.26. The summed E-state index contributed by atoms with van der Waals surface area (Å²) in [5.74, 6) is -0.307. The third-order valence-electron chi connectivity index (χ3n) is 3.45. The number of anilines is 1. The second-order valence-corrected chi connectivity index (χ2v) is 7.20. The standard InChI is InChI=1S/C14H19N3O4S/c1-11(18)15-13-5-3-12(4-6-13)14(19)16-7-9-17(10-8-16)22(2,20)21/h3-6H,7-10H2,1-2H3,(H,15,18). The molecule has 1 fully saturated rings. The summed E-state index contributed by atoms with van der Waals surface area (Å²) in [6.07, 6.45) is 1.17. The first-order valence-corrected chi connectivity index (χ1v) is 8.74. The third-order valence-corrected chi connectivity index (χ3v) is 4.75. The molecule has 0 aromatic heterocycles. The van der Waals surface area contributed by atoms with Gasteiger partial charge in [-0.2, -0.15) is 4.31 Å². The minimum Gasteiger partial charge on any atom is -0.336 e. The fraction of sp³-hybridized carbons (Fsp3) is 0.429. The molecule has 2 rings (SSSR count). The van der Waals surface area contributed by atoms with Crippen molar-refractivity contribution >= 4 is 27.5 Å². The monoisotopic (exact) mass is 325 g/mol. The Kier molecular flexibility index (Phi) is 4.82. The van der Waals surface area contributed by atoms with Crippen molar-refractivity contribution in [1.29, 1.82) is 0 Å². The molecule has 1 heterocycles. The van der Waals surface area contributed by atoms with Crippen LogP contribution < -0.4 is 5.32 Å². The summed E-state index contributed by atoms with van der Waals surface area (Å²) in [6.45, 7) is 2.79. The molecule has 0 aliphatic carbocycles. The summed E-state index contributed by atoms with van der Waals surface area (Å²) in [6, 6.07) is 6.63. The molecule has 0 atom stereocenters. The first-order valence-electron chi connectivity index (χ1n) is 6.89. The van der Waals surface area contributed by atoms with Gasteiger partial charge in [-0.15, -0.1) is 0 Å². The van der Waals surface area contributed by atoms with Gasteiger partial charge in [0.05, 0.1) is 6.26 Å². The van der Waals surface area contributed by atoms with Crippen LogP contribution >= 0.6 is 0 Å². The lowest BCUT2D eigenvalue weighted by Gasteiger charge is -2.33. The number of nitrogens with zero attached hydrogens (tertiary/aromatic N) is 2. The van der Waals surface area contributed by atoms with Crippen molar-refractivity contribution in [2.75, 3.05) is 37.8 Å². The molecule has 8 heteroatoms. The van der Waals surface area contributed by atoms with Gasteiger partial charge in [0.15, 0.2) is 0 Å². The van der Waals surface area contributed by atoms with Crippen LogP contribution in [0.25, 0.3) is 0 Å². The van der Waals surface area contributed by atoms with E-state index in [9.17, 15) is 18.0 Å². The molecule has 22 heavy (non-hydrogen) atoms. The van der Waals surface area contributed by atoms with Crippen molar-refractivity contribution < 1.29 is 18.0 Å². The molecule has 1 aliphatic heterocycles. The summed E-state index contributed by atoms with van der Waals surface area (Å²) in [7, 11) is -3.20. The molecule has 120 valence electrons. The number of rotatable bonds is 3. The number of carbonyl (C=O) groups is 2. The number of hydrogen-bond donors (Lipinski definition) is 1. The maximum atomic E-state index is 12.4. The van der Waals surface area contributed by atoms with Crippen LogP contribution in [0.5, 0.6) is 0 Å². The van der Waals surface area contributed by atoms with Crippen molar-refractivity contribution in [1.82, 2.24) is 9.21 Å². The Morgan fingerprint density at radius 2 is 1.59 bits per heavy atom. The zero-order valence-electron chi connectivity index (χ0n) is 12.6. The third kappa shape index (κ3) is 4.05. The van der Waals surface area contributed by atoms with E-state index in [-0.39, 0.29) is 11.8 Å². The van der Waals surface area contributed by atoms with Crippen LogP contribution in [0.15, 0.2) is 24.3 Å². The summed E-state index contributed by atoms with van der Waals surface area (Å²) in [5.41, 5.74) is 1.15. The highest BCUT2D eigenvalue weighted by atomic mass is 32.2. The Bertz CT molecular complexity index is 662. The second-order valence-electron chi connectivity index (χ2n) is 5.21. The number of benzene rings is 1. The summed E-state index contributed by atoms with van der Waals surface area (Å²) < 4.78 is 24.3. The lowest BCUT2D eigenvalue weighted by Crippen LogP contribution is -2.50. The largest absolute Gasteiger partial charge is 0.336 e. The Hall–Kier alpha value is -1.93. The van der Waals surface area contributed by atoms with Gasteiger partial charge < -0.3 is 10.2 Å². The predicted molar refractivity (Wildman–Crippen MR) is 83.1 cm³/mol. The predicted octanol–water partition coefficient (Wildman–Crippen LogP) is 0.362. The molecule has 0 unspecified atom stereocenters. The lowest BCUT2D eigenvalue weighted by molar-refractivity contribution is -0.114.